The van der Waals surface area contributed by atoms with E-state index in [1.165, 1.54) is 11.5 Å². The number of carbonyl (C=O) groups is 1. The van der Waals surface area contributed by atoms with E-state index in [0.29, 0.717) is 6.54 Å². The van der Waals surface area contributed by atoms with Gasteiger partial charge in [0.1, 0.15) is 0 Å². The van der Waals surface area contributed by atoms with E-state index >= 15 is 0 Å². The summed E-state index contributed by atoms with van der Waals surface area (Å²) in [5, 5.41) is 3.98. The van der Waals surface area contributed by atoms with E-state index in [1.807, 2.05) is 6.92 Å². The Labute approximate surface area is 76.0 Å². The summed E-state index contributed by atoms with van der Waals surface area (Å²) in [5.41, 5.74) is 0. The summed E-state index contributed by atoms with van der Waals surface area (Å²) in [4.78, 5) is 10.4. The largest absolute Gasteiger partial charge is 0.353 e. The molecule has 0 atom stereocenters. The maximum Gasteiger partial charge on any atom is 0.244 e. The predicted octanol–water partition coefficient (Wildman–Crippen LogP) is 0.564. The van der Waals surface area contributed by atoms with Crippen molar-refractivity contribution in [1.82, 2.24) is 5.32 Å². The Morgan fingerprint density at radius 1 is 1.78 bits per heavy atom. The number of nitrogens with one attached hydrogen (secondary N) is 1. The Bertz CT molecular complexity index is 105. The molecule has 0 aromatic heterocycles. The Morgan fingerprint density at radius 2 is 2.33 bits per heavy atom. The van der Waals surface area contributed by atoms with Crippen LogP contribution in [0.4, 0.5) is 0 Å². The molecule has 9 heavy (non-hydrogen) atoms. The number of likely N-dealkylation sites (N-methyl/N-ethyl adjacent to an activating group) is 1. The zero-order valence-corrected chi connectivity index (χ0v) is 7.40. The van der Waals surface area contributed by atoms with Gasteiger partial charge < -0.3 is 5.32 Å². The zero-order valence-electron chi connectivity index (χ0n) is 5.02. The molecule has 1 N–H and O–H groups in total. The molecule has 0 aliphatic carbocycles. The predicted molar refractivity (Wildman–Crippen MR) is 36.8 cm³/mol. The van der Waals surface area contributed by atoms with Crippen LogP contribution in [-0.2, 0) is 27.2 Å². The maximum atomic E-state index is 10.4. The van der Waals surface area contributed by atoms with Crippen molar-refractivity contribution in [3.63, 3.8) is 0 Å². The number of rotatable bonds is 2. The molecule has 0 unspecified atom stereocenters. The molecule has 4 heteroatoms. The SMILES string of the molecule is CCNC(=O)C=CS.[Ag]. The Kier molecular flexibility index (Phi) is 11.1. The van der Waals surface area contributed by atoms with Gasteiger partial charge in [0.2, 0.25) is 5.91 Å². The minimum atomic E-state index is -0.0949. The maximum absolute atomic E-state index is 10.4. The van der Waals surface area contributed by atoms with Gasteiger partial charge >= 0.3 is 0 Å². The van der Waals surface area contributed by atoms with E-state index in [-0.39, 0.29) is 28.3 Å². The average Bonchev–Trinajstić information content (AvgIpc) is 1.68. The van der Waals surface area contributed by atoms with E-state index in [1.54, 1.807) is 0 Å². The molecular weight excluding hydrogens is 230 g/mol. The fourth-order valence-corrected chi connectivity index (χ4v) is 0.436. The average molecular weight is 239 g/mol. The Morgan fingerprint density at radius 3 is 2.67 bits per heavy atom. The molecular formula is C5H9AgNOS. The van der Waals surface area contributed by atoms with E-state index in [4.69, 9.17) is 0 Å². The first-order chi connectivity index (χ1) is 3.81. The molecule has 0 heterocycles. The summed E-state index contributed by atoms with van der Waals surface area (Å²) >= 11 is 3.71. The second-order valence-electron chi connectivity index (χ2n) is 1.21. The molecule has 0 aliphatic rings. The normalized spacial score (nSPS) is 8.67. The number of hydrogen-bond donors (Lipinski definition) is 2. The van der Waals surface area contributed by atoms with Crippen LogP contribution in [0.3, 0.4) is 0 Å². The summed E-state index contributed by atoms with van der Waals surface area (Å²) in [7, 11) is 0. The first-order valence-electron chi connectivity index (χ1n) is 2.39. The van der Waals surface area contributed by atoms with Crippen molar-refractivity contribution in [2.45, 2.75) is 6.92 Å². The molecule has 0 rings (SSSR count). The van der Waals surface area contributed by atoms with Crippen molar-refractivity contribution >= 4 is 18.5 Å². The topological polar surface area (TPSA) is 29.1 Å². The van der Waals surface area contributed by atoms with Crippen molar-refractivity contribution in [3.8, 4) is 0 Å². The van der Waals surface area contributed by atoms with E-state index < -0.39 is 0 Å². The number of amides is 1. The van der Waals surface area contributed by atoms with Crippen molar-refractivity contribution in [2.75, 3.05) is 6.54 Å². The summed E-state index contributed by atoms with van der Waals surface area (Å²) in [6.45, 7) is 2.53. The van der Waals surface area contributed by atoms with Crippen LogP contribution >= 0.6 is 12.6 Å². The van der Waals surface area contributed by atoms with Gasteiger partial charge in [-0.3, -0.25) is 4.79 Å². The van der Waals surface area contributed by atoms with E-state index in [2.05, 4.69) is 17.9 Å². The molecule has 1 amide bonds. The zero-order chi connectivity index (χ0) is 6.41. The summed E-state index contributed by atoms with van der Waals surface area (Å²) in [6, 6.07) is 0. The van der Waals surface area contributed by atoms with Crippen molar-refractivity contribution in [2.24, 2.45) is 0 Å². The van der Waals surface area contributed by atoms with Crippen molar-refractivity contribution < 1.29 is 27.2 Å². The van der Waals surface area contributed by atoms with Crippen LogP contribution in [0.15, 0.2) is 11.5 Å². The molecule has 0 saturated carbocycles. The quantitative estimate of drug-likeness (QED) is 0.411. The summed E-state index contributed by atoms with van der Waals surface area (Å²) < 4.78 is 0. The van der Waals surface area contributed by atoms with Crippen LogP contribution in [0, 0.1) is 0 Å². The van der Waals surface area contributed by atoms with Gasteiger partial charge in [0.25, 0.3) is 0 Å². The van der Waals surface area contributed by atoms with E-state index in [9.17, 15) is 4.79 Å². The van der Waals surface area contributed by atoms with Crippen molar-refractivity contribution in [1.29, 1.82) is 0 Å². The van der Waals surface area contributed by atoms with Crippen LogP contribution in [0.2, 0.25) is 0 Å². The van der Waals surface area contributed by atoms with Gasteiger partial charge in [-0.1, -0.05) is 0 Å². The third-order valence-corrected chi connectivity index (χ3v) is 0.726. The van der Waals surface area contributed by atoms with Crippen molar-refractivity contribution in [3.05, 3.63) is 11.5 Å². The minimum absolute atomic E-state index is 0. The van der Waals surface area contributed by atoms with Gasteiger partial charge in [-0.05, 0) is 12.3 Å². The van der Waals surface area contributed by atoms with Gasteiger partial charge in [-0.2, -0.15) is 12.6 Å². The van der Waals surface area contributed by atoms with Crippen LogP contribution in [0.25, 0.3) is 0 Å². The van der Waals surface area contributed by atoms with Gasteiger partial charge in [-0.25, -0.2) is 0 Å². The molecule has 0 aliphatic heterocycles. The van der Waals surface area contributed by atoms with Crippen LogP contribution in [0.5, 0.6) is 0 Å². The smallest absolute Gasteiger partial charge is 0.244 e. The first-order valence-corrected chi connectivity index (χ1v) is 2.91. The molecule has 0 bridgehead atoms. The Balaban J connectivity index is 0. The second-order valence-corrected chi connectivity index (χ2v) is 1.51. The molecule has 1 radical (unpaired) electrons. The van der Waals surface area contributed by atoms with Gasteiger partial charge in [0, 0.05) is 35.0 Å². The van der Waals surface area contributed by atoms with Crippen LogP contribution in [-0.4, -0.2) is 12.5 Å². The molecule has 0 spiro atoms. The molecule has 2 nitrogen and oxygen atoms in total. The molecule has 0 aromatic rings. The van der Waals surface area contributed by atoms with E-state index in [0.717, 1.165) is 0 Å². The Hall–Kier alpha value is 0.300. The van der Waals surface area contributed by atoms with Crippen LogP contribution < -0.4 is 5.32 Å². The molecule has 0 saturated heterocycles. The third-order valence-electron chi connectivity index (χ3n) is 0.577. The summed E-state index contributed by atoms with van der Waals surface area (Å²) in [6.07, 6.45) is 1.37. The standard InChI is InChI=1S/C5H9NOS.Ag/c1-2-6-5(7)3-4-8;/h3-4,8H,2H2,1H3,(H,6,7);. The van der Waals surface area contributed by atoms with Crippen LogP contribution in [0.1, 0.15) is 6.92 Å². The second kappa shape index (κ2) is 8.30. The molecule has 57 valence electrons. The monoisotopic (exact) mass is 238 g/mol. The fraction of sp³-hybridized carbons (Fsp3) is 0.400. The molecule has 0 aromatic carbocycles. The first kappa shape index (κ1) is 12.0. The van der Waals surface area contributed by atoms with Gasteiger partial charge in [0.05, 0.1) is 0 Å². The number of carbonyl (C=O) groups excluding carboxylic acids is 1. The summed E-state index contributed by atoms with van der Waals surface area (Å²) in [5.74, 6) is -0.0949. The fourth-order valence-electron chi connectivity index (χ4n) is 0.301. The third kappa shape index (κ3) is 8.30. The number of thiol groups is 1. The molecule has 0 fully saturated rings. The number of hydrogen-bond acceptors (Lipinski definition) is 2. The van der Waals surface area contributed by atoms with Gasteiger partial charge in [-0.15, -0.1) is 0 Å². The minimum Gasteiger partial charge on any atom is -0.353 e. The van der Waals surface area contributed by atoms with Gasteiger partial charge in [0.15, 0.2) is 0 Å².